The van der Waals surface area contributed by atoms with Gasteiger partial charge < -0.3 is 4.98 Å². The molecule has 0 unspecified atom stereocenters. The summed E-state index contributed by atoms with van der Waals surface area (Å²) >= 11 is 0. The number of hydrogen-bond acceptors (Lipinski definition) is 3. The zero-order valence-corrected chi connectivity index (χ0v) is 9.41. The summed E-state index contributed by atoms with van der Waals surface area (Å²) in [6, 6.07) is 9.87. The largest absolute Gasteiger partial charge is 0.345 e. The molecule has 0 atom stereocenters. The first kappa shape index (κ1) is 9.35. The van der Waals surface area contributed by atoms with E-state index >= 15 is 0 Å². The molecule has 5 heteroatoms. The number of hydrogen-bond donors (Lipinski definition) is 1. The quantitative estimate of drug-likeness (QED) is 0.550. The van der Waals surface area contributed by atoms with Gasteiger partial charge in [-0.05, 0) is 30.3 Å². The topological polar surface area (TPSA) is 59.4 Å². The van der Waals surface area contributed by atoms with Crippen molar-refractivity contribution in [2.24, 2.45) is 0 Å². The predicted octanol–water partition coefficient (Wildman–Crippen LogP) is 2.30. The van der Waals surface area contributed by atoms with Crippen molar-refractivity contribution in [1.29, 1.82) is 0 Å². The second-order valence-electron chi connectivity index (χ2n) is 4.06. The fourth-order valence-electron chi connectivity index (χ4n) is 2.11. The average molecular weight is 235 g/mol. The summed E-state index contributed by atoms with van der Waals surface area (Å²) in [6.45, 7) is 0. The molecular formula is C13H9N5. The minimum Gasteiger partial charge on any atom is -0.345 e. The summed E-state index contributed by atoms with van der Waals surface area (Å²) in [5, 5.41) is 0. The van der Waals surface area contributed by atoms with E-state index in [0.29, 0.717) is 0 Å². The maximum Gasteiger partial charge on any atom is 0.164 e. The van der Waals surface area contributed by atoms with Gasteiger partial charge in [-0.2, -0.15) is 0 Å². The number of nitrogens with zero attached hydrogens (tertiary/aromatic N) is 4. The molecule has 1 aromatic carbocycles. The van der Waals surface area contributed by atoms with Crippen LogP contribution in [0.15, 0.2) is 49.2 Å². The van der Waals surface area contributed by atoms with E-state index in [9.17, 15) is 0 Å². The summed E-state index contributed by atoms with van der Waals surface area (Å²) in [5.74, 6) is 0. The van der Waals surface area contributed by atoms with Gasteiger partial charge in [0.05, 0.1) is 23.0 Å². The van der Waals surface area contributed by atoms with E-state index in [1.807, 2.05) is 34.9 Å². The average Bonchev–Trinajstić information content (AvgIpc) is 3.04. The normalized spacial score (nSPS) is 11.3. The van der Waals surface area contributed by atoms with Crippen molar-refractivity contribution < 1.29 is 0 Å². The highest BCUT2D eigenvalue weighted by molar-refractivity contribution is 5.79. The van der Waals surface area contributed by atoms with Crippen LogP contribution in [0, 0.1) is 0 Å². The van der Waals surface area contributed by atoms with E-state index in [1.54, 1.807) is 18.9 Å². The van der Waals surface area contributed by atoms with Gasteiger partial charge in [-0.25, -0.2) is 15.0 Å². The van der Waals surface area contributed by atoms with Crippen molar-refractivity contribution in [3.63, 3.8) is 0 Å². The Labute approximate surface area is 102 Å². The molecule has 4 rings (SSSR count). The van der Waals surface area contributed by atoms with Crippen LogP contribution in [0.25, 0.3) is 27.9 Å². The Bertz CT molecular complexity index is 842. The van der Waals surface area contributed by atoms with E-state index < -0.39 is 0 Å². The second kappa shape index (κ2) is 3.40. The van der Waals surface area contributed by atoms with Gasteiger partial charge in [-0.1, -0.05) is 0 Å². The van der Waals surface area contributed by atoms with E-state index in [-0.39, 0.29) is 0 Å². The molecule has 0 amide bonds. The number of fused-ring (bicyclic) bond motifs is 2. The van der Waals surface area contributed by atoms with E-state index in [0.717, 1.165) is 27.9 Å². The van der Waals surface area contributed by atoms with Crippen molar-refractivity contribution in [3.8, 4) is 5.69 Å². The van der Waals surface area contributed by atoms with Crippen LogP contribution >= 0.6 is 0 Å². The molecule has 3 heterocycles. The van der Waals surface area contributed by atoms with Crippen molar-refractivity contribution in [2.75, 3.05) is 0 Å². The van der Waals surface area contributed by atoms with Crippen LogP contribution in [0.3, 0.4) is 0 Å². The van der Waals surface area contributed by atoms with Gasteiger partial charge in [0, 0.05) is 6.20 Å². The van der Waals surface area contributed by atoms with Crippen LogP contribution in [0.1, 0.15) is 0 Å². The number of pyridine rings is 1. The zero-order chi connectivity index (χ0) is 11.9. The molecule has 0 saturated carbocycles. The number of benzene rings is 1. The molecule has 0 saturated heterocycles. The highest BCUT2D eigenvalue weighted by Crippen LogP contribution is 2.19. The van der Waals surface area contributed by atoms with Gasteiger partial charge in [-0.3, -0.25) is 4.57 Å². The molecule has 5 nitrogen and oxygen atoms in total. The minimum absolute atomic E-state index is 0.858. The monoisotopic (exact) mass is 235 g/mol. The lowest BCUT2D eigenvalue weighted by Crippen LogP contribution is -1.93. The van der Waals surface area contributed by atoms with Gasteiger partial charge in [0.15, 0.2) is 5.65 Å². The number of nitrogens with one attached hydrogen (secondary N) is 1. The maximum absolute atomic E-state index is 4.36. The number of imidazole rings is 2. The van der Waals surface area contributed by atoms with Gasteiger partial charge in [0.25, 0.3) is 0 Å². The lowest BCUT2D eigenvalue weighted by molar-refractivity contribution is 1.07. The molecule has 0 radical (unpaired) electrons. The predicted molar refractivity (Wildman–Crippen MR) is 68.5 cm³/mol. The Hall–Kier alpha value is -2.69. The molecule has 0 aliphatic heterocycles. The SMILES string of the molecule is c1cnc2c(c1)ncn2-c1ccc2nc[nH]c2c1. The van der Waals surface area contributed by atoms with Crippen molar-refractivity contribution in [2.45, 2.75) is 0 Å². The van der Waals surface area contributed by atoms with E-state index in [1.165, 1.54) is 0 Å². The molecule has 4 aromatic rings. The highest BCUT2D eigenvalue weighted by atomic mass is 15.1. The van der Waals surface area contributed by atoms with Crippen LogP contribution in [-0.2, 0) is 0 Å². The molecule has 0 spiro atoms. The first-order valence-electron chi connectivity index (χ1n) is 5.63. The fraction of sp³-hybridized carbons (Fsp3) is 0. The third-order valence-corrected chi connectivity index (χ3v) is 2.99. The molecule has 0 aliphatic carbocycles. The number of aromatic amines is 1. The second-order valence-corrected chi connectivity index (χ2v) is 4.06. The van der Waals surface area contributed by atoms with Crippen LogP contribution in [0.4, 0.5) is 0 Å². The van der Waals surface area contributed by atoms with E-state index in [4.69, 9.17) is 0 Å². The third kappa shape index (κ3) is 1.24. The van der Waals surface area contributed by atoms with Gasteiger partial charge in [0.1, 0.15) is 11.8 Å². The van der Waals surface area contributed by atoms with Crippen LogP contribution < -0.4 is 0 Å². The molecule has 0 fully saturated rings. The lowest BCUT2D eigenvalue weighted by atomic mass is 10.2. The van der Waals surface area contributed by atoms with Crippen molar-refractivity contribution in [3.05, 3.63) is 49.2 Å². The number of aromatic nitrogens is 5. The number of H-pyrrole nitrogens is 1. The van der Waals surface area contributed by atoms with Crippen LogP contribution in [0.2, 0.25) is 0 Å². The summed E-state index contributed by atoms with van der Waals surface area (Å²) < 4.78 is 1.97. The molecule has 0 aliphatic rings. The summed E-state index contributed by atoms with van der Waals surface area (Å²) in [6.07, 6.45) is 5.25. The smallest absolute Gasteiger partial charge is 0.164 e. The first-order chi connectivity index (χ1) is 8.92. The minimum atomic E-state index is 0.858. The molecule has 18 heavy (non-hydrogen) atoms. The van der Waals surface area contributed by atoms with Crippen LogP contribution in [-0.4, -0.2) is 24.5 Å². The number of rotatable bonds is 1. The summed E-state index contributed by atoms with van der Waals surface area (Å²) in [4.78, 5) is 16.0. The van der Waals surface area contributed by atoms with E-state index in [2.05, 4.69) is 19.9 Å². The summed E-state index contributed by atoms with van der Waals surface area (Å²) in [7, 11) is 0. The zero-order valence-electron chi connectivity index (χ0n) is 9.41. The molecule has 1 N–H and O–H groups in total. The van der Waals surface area contributed by atoms with Crippen molar-refractivity contribution >= 4 is 22.2 Å². The molecule has 86 valence electrons. The molecular weight excluding hydrogens is 226 g/mol. The van der Waals surface area contributed by atoms with Gasteiger partial charge >= 0.3 is 0 Å². The Balaban J connectivity index is 2.00. The van der Waals surface area contributed by atoms with Gasteiger partial charge in [0.2, 0.25) is 0 Å². The Morgan fingerprint density at radius 1 is 1.00 bits per heavy atom. The lowest BCUT2D eigenvalue weighted by Gasteiger charge is -2.02. The highest BCUT2D eigenvalue weighted by Gasteiger charge is 2.06. The third-order valence-electron chi connectivity index (χ3n) is 2.99. The Morgan fingerprint density at radius 3 is 3.00 bits per heavy atom. The standard InChI is InChI=1S/C13H9N5/c1-2-11-13(14-5-1)18(8-17-11)9-3-4-10-12(6-9)16-7-15-10/h1-8H,(H,15,16). The summed E-state index contributed by atoms with van der Waals surface area (Å²) in [5.41, 5.74) is 4.73. The molecule has 0 bridgehead atoms. The molecule has 3 aromatic heterocycles. The van der Waals surface area contributed by atoms with Gasteiger partial charge in [-0.15, -0.1) is 0 Å². The fourth-order valence-corrected chi connectivity index (χ4v) is 2.11. The van der Waals surface area contributed by atoms with Crippen LogP contribution in [0.5, 0.6) is 0 Å². The van der Waals surface area contributed by atoms with Crippen molar-refractivity contribution in [1.82, 2.24) is 24.5 Å². The Morgan fingerprint density at radius 2 is 2.00 bits per heavy atom. The maximum atomic E-state index is 4.36. The first-order valence-corrected chi connectivity index (χ1v) is 5.63. The Kier molecular flexibility index (Phi) is 1.77.